The van der Waals surface area contributed by atoms with Gasteiger partial charge in [0, 0.05) is 14.2 Å². The van der Waals surface area contributed by atoms with Crippen LogP contribution in [0.25, 0.3) is 0 Å². The molecule has 104 valence electrons. The maximum Gasteiger partial charge on any atom is 0.243 e. The fourth-order valence-electron chi connectivity index (χ4n) is 2.24. The van der Waals surface area contributed by atoms with E-state index in [1.807, 2.05) is 20.8 Å². The lowest BCUT2D eigenvalue weighted by Crippen LogP contribution is -2.46. The monoisotopic (exact) mass is 254 g/mol. The number of methoxy groups -OCH3 is 1. The molecular weight excluding hydrogens is 228 g/mol. The number of likely N-dealkylation sites (N-methyl/N-ethyl adjacent to an activating group) is 1. The normalized spacial score (nSPS) is 12.9. The van der Waals surface area contributed by atoms with Gasteiger partial charge in [-0.1, -0.05) is 26.7 Å². The molecule has 0 aromatic carbocycles. The Morgan fingerprint density at radius 1 is 1.39 bits per heavy atom. The van der Waals surface area contributed by atoms with E-state index in [-0.39, 0.29) is 11.9 Å². The Hall–Kier alpha value is -1.08. The number of carbonyl (C=O) groups excluding carboxylic acids is 1. The molecule has 0 aliphatic heterocycles. The molecule has 18 heavy (non-hydrogen) atoms. The van der Waals surface area contributed by atoms with Gasteiger partial charge < -0.3 is 9.64 Å². The molecule has 0 bridgehead atoms. The molecule has 1 amide bonds. The Labute approximate surface area is 111 Å². The van der Waals surface area contributed by atoms with Crippen molar-refractivity contribution in [3.63, 3.8) is 0 Å². The van der Waals surface area contributed by atoms with Crippen LogP contribution in [0.3, 0.4) is 0 Å². The van der Waals surface area contributed by atoms with Gasteiger partial charge in [-0.2, -0.15) is 5.26 Å². The summed E-state index contributed by atoms with van der Waals surface area (Å²) in [5, 5.41) is 9.44. The van der Waals surface area contributed by atoms with E-state index in [9.17, 15) is 10.1 Å². The molecule has 0 fully saturated rings. The molecule has 0 N–H and O–H groups in total. The highest BCUT2D eigenvalue weighted by atomic mass is 16.5. The first-order valence-electron chi connectivity index (χ1n) is 6.66. The molecule has 0 saturated heterocycles. The van der Waals surface area contributed by atoms with Crippen molar-refractivity contribution >= 4 is 5.91 Å². The van der Waals surface area contributed by atoms with Crippen molar-refractivity contribution < 1.29 is 9.53 Å². The molecule has 4 nitrogen and oxygen atoms in total. The van der Waals surface area contributed by atoms with Crippen molar-refractivity contribution in [3.05, 3.63) is 0 Å². The quantitative estimate of drug-likeness (QED) is 0.669. The van der Waals surface area contributed by atoms with Crippen molar-refractivity contribution in [2.45, 2.75) is 52.5 Å². The topological polar surface area (TPSA) is 53.3 Å². The second-order valence-electron chi connectivity index (χ2n) is 4.91. The third kappa shape index (κ3) is 3.99. The predicted octanol–water partition coefficient (Wildman–Crippen LogP) is 2.59. The zero-order valence-corrected chi connectivity index (χ0v) is 12.3. The van der Waals surface area contributed by atoms with E-state index in [2.05, 4.69) is 6.07 Å². The minimum absolute atomic E-state index is 0.0102. The van der Waals surface area contributed by atoms with Gasteiger partial charge in [-0.15, -0.1) is 0 Å². The summed E-state index contributed by atoms with van der Waals surface area (Å²) in [4.78, 5) is 14.2. The zero-order chi connectivity index (χ0) is 14.2. The van der Waals surface area contributed by atoms with Crippen LogP contribution in [-0.2, 0) is 9.53 Å². The fourth-order valence-corrected chi connectivity index (χ4v) is 2.24. The molecule has 0 heterocycles. The second kappa shape index (κ2) is 8.10. The van der Waals surface area contributed by atoms with Crippen LogP contribution in [0.2, 0.25) is 0 Å². The summed E-state index contributed by atoms with van der Waals surface area (Å²) >= 11 is 0. The number of ether oxygens (including phenoxy) is 1. The Morgan fingerprint density at radius 3 is 2.22 bits per heavy atom. The minimum atomic E-state index is -0.861. The smallest absolute Gasteiger partial charge is 0.243 e. The third-order valence-electron chi connectivity index (χ3n) is 3.37. The van der Waals surface area contributed by atoms with Crippen LogP contribution >= 0.6 is 0 Å². The van der Waals surface area contributed by atoms with E-state index in [4.69, 9.17) is 4.74 Å². The molecule has 1 atom stereocenters. The van der Waals surface area contributed by atoms with Crippen molar-refractivity contribution in [1.29, 1.82) is 5.26 Å². The summed E-state index contributed by atoms with van der Waals surface area (Å²) in [5.41, 5.74) is -0.861. The molecule has 0 aliphatic rings. The summed E-state index contributed by atoms with van der Waals surface area (Å²) in [6.07, 6.45) is 2.93. The molecule has 0 rings (SSSR count). The summed E-state index contributed by atoms with van der Waals surface area (Å²) in [5.74, 6) is -0.0711. The van der Waals surface area contributed by atoms with Gasteiger partial charge in [0.25, 0.3) is 0 Å². The average Bonchev–Trinajstić information content (AvgIpc) is 2.36. The number of carbonyl (C=O) groups is 1. The number of hydrogen-bond donors (Lipinski definition) is 0. The maximum atomic E-state index is 12.5. The Bertz CT molecular complexity index is 291. The van der Waals surface area contributed by atoms with Gasteiger partial charge in [0.05, 0.1) is 18.7 Å². The van der Waals surface area contributed by atoms with Gasteiger partial charge in [-0.05, 0) is 19.8 Å². The summed E-state index contributed by atoms with van der Waals surface area (Å²) in [6, 6.07) is 2.25. The summed E-state index contributed by atoms with van der Waals surface area (Å²) in [7, 11) is 3.37. The Morgan fingerprint density at radius 2 is 1.89 bits per heavy atom. The molecular formula is C14H26N2O2. The standard InChI is InChI=1S/C14H26N2O2/c1-6-8-14(11-15,9-7-2)13(17)16(4)12(3)10-18-5/h12H,6-10H2,1-5H3. The van der Waals surface area contributed by atoms with Gasteiger partial charge in [0.2, 0.25) is 5.91 Å². The maximum absolute atomic E-state index is 12.5. The van der Waals surface area contributed by atoms with E-state index in [1.165, 1.54) is 0 Å². The number of rotatable bonds is 8. The number of nitriles is 1. The zero-order valence-electron chi connectivity index (χ0n) is 12.3. The second-order valence-corrected chi connectivity index (χ2v) is 4.91. The van der Waals surface area contributed by atoms with E-state index < -0.39 is 5.41 Å². The highest BCUT2D eigenvalue weighted by molar-refractivity contribution is 5.85. The minimum Gasteiger partial charge on any atom is -0.383 e. The number of amides is 1. The molecule has 0 aromatic rings. The number of hydrogen-bond acceptors (Lipinski definition) is 3. The average molecular weight is 254 g/mol. The summed E-state index contributed by atoms with van der Waals surface area (Å²) < 4.78 is 5.06. The number of nitrogens with zero attached hydrogens (tertiary/aromatic N) is 2. The SMILES string of the molecule is CCCC(C#N)(CCC)C(=O)N(C)C(C)COC. The van der Waals surface area contributed by atoms with Crippen LogP contribution in [-0.4, -0.2) is 37.6 Å². The van der Waals surface area contributed by atoms with Crippen molar-refractivity contribution in [3.8, 4) is 6.07 Å². The van der Waals surface area contributed by atoms with Crippen LogP contribution < -0.4 is 0 Å². The van der Waals surface area contributed by atoms with Gasteiger partial charge in [-0.25, -0.2) is 0 Å². The lowest BCUT2D eigenvalue weighted by Gasteiger charge is -2.33. The molecule has 0 spiro atoms. The highest BCUT2D eigenvalue weighted by Gasteiger charge is 2.40. The van der Waals surface area contributed by atoms with E-state index in [0.717, 1.165) is 12.8 Å². The molecule has 4 heteroatoms. The van der Waals surface area contributed by atoms with Crippen LogP contribution in [0, 0.1) is 16.7 Å². The first-order chi connectivity index (χ1) is 8.48. The summed E-state index contributed by atoms with van der Waals surface area (Å²) in [6.45, 7) is 6.44. The van der Waals surface area contributed by atoms with Crippen LogP contribution in [0.5, 0.6) is 0 Å². The lowest BCUT2D eigenvalue weighted by atomic mass is 9.79. The largest absolute Gasteiger partial charge is 0.383 e. The molecule has 0 aromatic heterocycles. The third-order valence-corrected chi connectivity index (χ3v) is 3.37. The van der Waals surface area contributed by atoms with Crippen molar-refractivity contribution in [2.75, 3.05) is 20.8 Å². The van der Waals surface area contributed by atoms with E-state index >= 15 is 0 Å². The molecule has 1 unspecified atom stereocenters. The molecule has 0 aliphatic carbocycles. The highest BCUT2D eigenvalue weighted by Crippen LogP contribution is 2.31. The Balaban J connectivity index is 5.01. The van der Waals surface area contributed by atoms with E-state index in [1.54, 1.807) is 19.1 Å². The van der Waals surface area contributed by atoms with Gasteiger partial charge in [-0.3, -0.25) is 4.79 Å². The fraction of sp³-hybridized carbons (Fsp3) is 0.857. The van der Waals surface area contributed by atoms with Crippen molar-refractivity contribution in [1.82, 2.24) is 4.90 Å². The Kier molecular flexibility index (Phi) is 7.61. The lowest BCUT2D eigenvalue weighted by molar-refractivity contribution is -0.141. The van der Waals surface area contributed by atoms with Crippen molar-refractivity contribution in [2.24, 2.45) is 5.41 Å². The van der Waals surface area contributed by atoms with Crippen LogP contribution in [0.15, 0.2) is 0 Å². The van der Waals surface area contributed by atoms with Gasteiger partial charge in [0.15, 0.2) is 0 Å². The van der Waals surface area contributed by atoms with Gasteiger partial charge >= 0.3 is 0 Å². The van der Waals surface area contributed by atoms with E-state index in [0.29, 0.717) is 19.4 Å². The first-order valence-corrected chi connectivity index (χ1v) is 6.66. The van der Waals surface area contributed by atoms with Gasteiger partial charge in [0.1, 0.15) is 5.41 Å². The first kappa shape index (κ1) is 16.9. The van der Waals surface area contributed by atoms with Crippen LogP contribution in [0.1, 0.15) is 46.5 Å². The predicted molar refractivity (Wildman–Crippen MR) is 72.0 cm³/mol. The molecule has 0 radical (unpaired) electrons. The molecule has 0 saturated carbocycles. The van der Waals surface area contributed by atoms with Crippen LogP contribution in [0.4, 0.5) is 0 Å².